The fourth-order valence-electron chi connectivity index (χ4n) is 0.377. The molecule has 10 heavy (non-hydrogen) atoms. The van der Waals surface area contributed by atoms with Gasteiger partial charge in [-0.1, -0.05) is 30.8 Å². The van der Waals surface area contributed by atoms with Crippen LogP contribution in [0, 0.1) is 0 Å². The Kier molecular flexibility index (Phi) is 3.51. The van der Waals surface area contributed by atoms with Crippen LogP contribution in [0.5, 0.6) is 0 Å². The van der Waals surface area contributed by atoms with Crippen LogP contribution < -0.4 is 0 Å². The van der Waals surface area contributed by atoms with Crippen molar-refractivity contribution < 1.29 is 9.90 Å². The van der Waals surface area contributed by atoms with Gasteiger partial charge < -0.3 is 5.11 Å². The summed E-state index contributed by atoms with van der Waals surface area (Å²) in [5, 5.41) is 8.56. The van der Waals surface area contributed by atoms with E-state index in [1.54, 1.807) is 0 Å². The molecule has 54 valence electrons. The van der Waals surface area contributed by atoms with Gasteiger partial charge in [-0.25, -0.2) is 4.79 Å². The van der Waals surface area contributed by atoms with Crippen LogP contribution in [0.1, 0.15) is 0 Å². The molecule has 0 saturated carbocycles. The van der Waals surface area contributed by atoms with Crippen molar-refractivity contribution >= 4 is 17.6 Å². The third-order valence-corrected chi connectivity index (χ3v) is 0.888. The molecule has 0 atom stereocenters. The van der Waals surface area contributed by atoms with E-state index < -0.39 is 5.97 Å². The first-order valence-corrected chi connectivity index (χ1v) is 2.87. The predicted molar refractivity (Wildman–Crippen MR) is 40.9 cm³/mol. The van der Waals surface area contributed by atoms with Gasteiger partial charge in [-0.05, 0) is 6.08 Å². The molecule has 0 aliphatic carbocycles. The van der Waals surface area contributed by atoms with E-state index in [0.29, 0.717) is 0 Å². The molecule has 0 spiro atoms. The number of carbonyl (C=O) groups is 1. The maximum absolute atomic E-state index is 10.2. The van der Waals surface area contributed by atoms with E-state index in [-0.39, 0.29) is 10.6 Å². The maximum atomic E-state index is 10.2. The van der Waals surface area contributed by atoms with Crippen molar-refractivity contribution in [1.82, 2.24) is 0 Å². The van der Waals surface area contributed by atoms with Crippen LogP contribution in [0.3, 0.4) is 0 Å². The number of hydrogen-bond donors (Lipinski definition) is 1. The zero-order valence-corrected chi connectivity index (χ0v) is 6.06. The van der Waals surface area contributed by atoms with Crippen LogP contribution in [-0.2, 0) is 4.79 Å². The van der Waals surface area contributed by atoms with E-state index in [4.69, 9.17) is 16.7 Å². The molecule has 0 aromatic carbocycles. The first-order valence-electron chi connectivity index (χ1n) is 2.49. The highest BCUT2D eigenvalue weighted by Gasteiger charge is 2.00. The van der Waals surface area contributed by atoms with Crippen LogP contribution >= 0.6 is 11.6 Å². The van der Waals surface area contributed by atoms with Gasteiger partial charge in [-0.15, -0.1) is 0 Å². The lowest BCUT2D eigenvalue weighted by molar-refractivity contribution is -0.132. The zero-order chi connectivity index (χ0) is 8.15. The average Bonchev–Trinajstić information content (AvgIpc) is 1.81. The number of aliphatic carboxylic acids is 1. The molecule has 0 aliphatic rings. The normalized spacial score (nSPS) is 10.7. The molecule has 2 nitrogen and oxygen atoms in total. The molecular weight excluding hydrogens is 152 g/mol. The molecule has 0 heterocycles. The lowest BCUT2D eigenvalue weighted by atomic mass is 10.2. The number of rotatable bonds is 3. The van der Waals surface area contributed by atoms with Crippen LogP contribution in [0.15, 0.2) is 35.9 Å². The minimum Gasteiger partial charge on any atom is -0.478 e. The largest absolute Gasteiger partial charge is 0.478 e. The molecule has 0 aromatic heterocycles. The van der Waals surface area contributed by atoms with E-state index in [9.17, 15) is 4.79 Å². The number of carboxylic acids is 1. The van der Waals surface area contributed by atoms with Crippen LogP contribution in [-0.4, -0.2) is 11.1 Å². The summed E-state index contributed by atoms with van der Waals surface area (Å²) in [6, 6.07) is 0. The average molecular weight is 159 g/mol. The van der Waals surface area contributed by atoms with Crippen molar-refractivity contribution in [3.05, 3.63) is 35.9 Å². The Morgan fingerprint density at radius 1 is 1.60 bits per heavy atom. The van der Waals surface area contributed by atoms with E-state index in [2.05, 4.69) is 13.2 Å². The number of carboxylic acid groups (broad SMARTS) is 1. The monoisotopic (exact) mass is 158 g/mol. The molecule has 0 aromatic rings. The highest BCUT2D eigenvalue weighted by Crippen LogP contribution is 2.05. The van der Waals surface area contributed by atoms with Crippen molar-refractivity contribution in [3.8, 4) is 0 Å². The molecule has 0 amide bonds. The minimum atomic E-state index is -1.06. The van der Waals surface area contributed by atoms with Gasteiger partial charge in [-0.3, -0.25) is 0 Å². The Bertz CT molecular complexity index is 204. The second kappa shape index (κ2) is 3.90. The van der Waals surface area contributed by atoms with Crippen LogP contribution in [0.25, 0.3) is 0 Å². The quantitative estimate of drug-likeness (QED) is 0.504. The topological polar surface area (TPSA) is 37.3 Å². The molecule has 0 rings (SSSR count). The summed E-state index contributed by atoms with van der Waals surface area (Å²) in [4.78, 5) is 10.2. The smallest absolute Gasteiger partial charge is 0.335 e. The van der Waals surface area contributed by atoms with Crippen molar-refractivity contribution in [2.45, 2.75) is 0 Å². The maximum Gasteiger partial charge on any atom is 0.335 e. The van der Waals surface area contributed by atoms with Gasteiger partial charge in [0.15, 0.2) is 0 Å². The molecule has 0 fully saturated rings. The van der Waals surface area contributed by atoms with E-state index in [1.165, 1.54) is 12.2 Å². The van der Waals surface area contributed by atoms with Gasteiger partial charge >= 0.3 is 5.97 Å². The summed E-state index contributed by atoms with van der Waals surface area (Å²) in [6.45, 7) is 6.59. The fourth-order valence-corrected chi connectivity index (χ4v) is 0.494. The van der Waals surface area contributed by atoms with Gasteiger partial charge in [0.25, 0.3) is 0 Å². The van der Waals surface area contributed by atoms with Crippen LogP contribution in [0.2, 0.25) is 0 Å². The Hall–Kier alpha value is -1.02. The predicted octanol–water partition coefficient (Wildman–Crippen LogP) is 1.94. The molecule has 3 heteroatoms. The molecular formula is C7H7ClO2. The fraction of sp³-hybridized carbons (Fsp3) is 0. The van der Waals surface area contributed by atoms with Crippen molar-refractivity contribution in [1.29, 1.82) is 0 Å². The Morgan fingerprint density at radius 3 is 2.20 bits per heavy atom. The third-order valence-electron chi connectivity index (χ3n) is 0.779. The summed E-state index contributed by atoms with van der Waals surface area (Å²) in [5.74, 6) is -1.06. The Balaban J connectivity index is 4.49. The van der Waals surface area contributed by atoms with Gasteiger partial charge in [0.2, 0.25) is 0 Å². The first kappa shape index (κ1) is 8.98. The second-order valence-electron chi connectivity index (χ2n) is 1.56. The highest BCUT2D eigenvalue weighted by molar-refractivity contribution is 6.31. The van der Waals surface area contributed by atoms with Crippen LogP contribution in [0.4, 0.5) is 0 Å². The molecule has 0 radical (unpaired) electrons. The molecule has 0 saturated heterocycles. The number of allylic oxidation sites excluding steroid dienone is 2. The molecule has 0 bridgehead atoms. The summed E-state index contributed by atoms with van der Waals surface area (Å²) in [6.07, 6.45) is 2.44. The first-order chi connectivity index (χ1) is 4.57. The molecule has 0 aliphatic heterocycles. The van der Waals surface area contributed by atoms with E-state index >= 15 is 0 Å². The SMILES string of the molecule is C=C/C(=C\C(=C)Cl)C(=O)O. The number of halogens is 1. The number of hydrogen-bond acceptors (Lipinski definition) is 1. The Morgan fingerprint density at radius 2 is 2.10 bits per heavy atom. The molecule has 1 N–H and O–H groups in total. The lowest BCUT2D eigenvalue weighted by Gasteiger charge is -1.90. The Labute approximate surface area is 64.1 Å². The van der Waals surface area contributed by atoms with Crippen molar-refractivity contribution in [3.63, 3.8) is 0 Å². The van der Waals surface area contributed by atoms with Crippen molar-refractivity contribution in [2.75, 3.05) is 0 Å². The highest BCUT2D eigenvalue weighted by atomic mass is 35.5. The minimum absolute atomic E-state index is 0.0417. The van der Waals surface area contributed by atoms with E-state index in [1.807, 2.05) is 0 Å². The summed E-state index contributed by atoms with van der Waals surface area (Å²) in [7, 11) is 0. The summed E-state index contributed by atoms with van der Waals surface area (Å²) < 4.78 is 0. The summed E-state index contributed by atoms with van der Waals surface area (Å²) >= 11 is 5.31. The van der Waals surface area contributed by atoms with Gasteiger partial charge in [0, 0.05) is 5.03 Å². The second-order valence-corrected chi connectivity index (χ2v) is 2.04. The third kappa shape index (κ3) is 3.10. The van der Waals surface area contributed by atoms with Crippen molar-refractivity contribution in [2.24, 2.45) is 0 Å². The van der Waals surface area contributed by atoms with Gasteiger partial charge in [0.05, 0.1) is 5.57 Å². The zero-order valence-electron chi connectivity index (χ0n) is 5.30. The lowest BCUT2D eigenvalue weighted by Crippen LogP contribution is -1.96. The standard InChI is InChI=1S/C7H7ClO2/c1-3-6(7(9)10)4-5(2)8/h3-4H,1-2H2,(H,9,10)/b6-4+. The van der Waals surface area contributed by atoms with Gasteiger partial charge in [-0.2, -0.15) is 0 Å². The molecule has 0 unspecified atom stereocenters. The van der Waals surface area contributed by atoms with E-state index in [0.717, 1.165) is 0 Å². The van der Waals surface area contributed by atoms with Gasteiger partial charge in [0.1, 0.15) is 0 Å². The summed E-state index contributed by atoms with van der Waals surface area (Å²) in [5.41, 5.74) is 0.0417.